The van der Waals surface area contributed by atoms with Crippen molar-refractivity contribution in [2.75, 3.05) is 5.73 Å². The average molecular weight is 346 g/mol. The van der Waals surface area contributed by atoms with Crippen molar-refractivity contribution in [2.24, 2.45) is 0 Å². The van der Waals surface area contributed by atoms with E-state index in [4.69, 9.17) is 28.9 Å². The van der Waals surface area contributed by atoms with E-state index in [9.17, 15) is 8.42 Å². The summed E-state index contributed by atoms with van der Waals surface area (Å²) >= 11 is 11.9. The van der Waals surface area contributed by atoms with Gasteiger partial charge in [0.2, 0.25) is 10.0 Å². The first kappa shape index (κ1) is 16.0. The van der Waals surface area contributed by atoms with E-state index in [0.29, 0.717) is 5.69 Å². The van der Waals surface area contributed by atoms with E-state index in [-0.39, 0.29) is 21.5 Å². The summed E-state index contributed by atoms with van der Waals surface area (Å²) < 4.78 is 27.1. The zero-order valence-electron chi connectivity index (χ0n) is 11.1. The lowest BCUT2D eigenvalue weighted by Gasteiger charge is -2.11. The maximum absolute atomic E-state index is 12.3. The highest BCUT2D eigenvalue weighted by Crippen LogP contribution is 2.31. The minimum atomic E-state index is -3.84. The Balaban J connectivity index is 2.30. The van der Waals surface area contributed by atoms with Gasteiger partial charge in [-0.3, -0.25) is 4.98 Å². The Hall–Kier alpha value is -1.34. The van der Waals surface area contributed by atoms with E-state index in [0.717, 1.165) is 11.1 Å². The molecule has 0 aliphatic carbocycles. The molecular weight excluding hydrogens is 333 g/mol. The summed E-state index contributed by atoms with van der Waals surface area (Å²) in [7, 11) is -3.84. The molecule has 0 aliphatic heterocycles. The lowest BCUT2D eigenvalue weighted by molar-refractivity contribution is 0.581. The number of nitrogens with zero attached hydrogens (tertiary/aromatic N) is 1. The molecule has 1 aromatic heterocycles. The molecule has 0 fully saturated rings. The number of rotatable bonds is 4. The predicted molar refractivity (Wildman–Crippen MR) is 83.9 cm³/mol. The first-order chi connectivity index (χ1) is 9.81. The van der Waals surface area contributed by atoms with Crippen LogP contribution >= 0.6 is 23.2 Å². The molecule has 1 aromatic carbocycles. The van der Waals surface area contributed by atoms with Crippen LogP contribution < -0.4 is 10.5 Å². The van der Waals surface area contributed by atoms with E-state index in [1.807, 2.05) is 6.92 Å². The average Bonchev–Trinajstić information content (AvgIpc) is 2.36. The highest BCUT2D eigenvalue weighted by atomic mass is 35.5. The molecule has 8 heteroatoms. The number of nitrogens with two attached hydrogens (primary N) is 1. The van der Waals surface area contributed by atoms with Crippen LogP contribution in [0.15, 0.2) is 35.5 Å². The van der Waals surface area contributed by atoms with E-state index in [2.05, 4.69) is 9.71 Å². The molecule has 0 spiro atoms. The summed E-state index contributed by atoms with van der Waals surface area (Å²) in [6.45, 7) is 1.97. The second-order valence-electron chi connectivity index (χ2n) is 4.44. The second-order valence-corrected chi connectivity index (χ2v) is 6.96. The highest BCUT2D eigenvalue weighted by molar-refractivity contribution is 7.89. The molecule has 112 valence electrons. The molecule has 5 nitrogen and oxygen atoms in total. The maximum Gasteiger partial charge on any atom is 0.243 e. The number of aryl methyl sites for hydroxylation is 1. The molecular formula is C13H13Cl2N3O2S. The summed E-state index contributed by atoms with van der Waals surface area (Å²) in [6.07, 6.45) is 3.26. The summed E-state index contributed by atoms with van der Waals surface area (Å²) in [4.78, 5) is 3.78. The van der Waals surface area contributed by atoms with Gasteiger partial charge in [-0.05, 0) is 36.2 Å². The zero-order chi connectivity index (χ0) is 15.6. The monoisotopic (exact) mass is 345 g/mol. The first-order valence-corrected chi connectivity index (χ1v) is 8.19. The van der Waals surface area contributed by atoms with Gasteiger partial charge in [0.05, 0.1) is 10.0 Å². The van der Waals surface area contributed by atoms with Gasteiger partial charge >= 0.3 is 0 Å². The largest absolute Gasteiger partial charge is 0.399 e. The number of pyridine rings is 1. The zero-order valence-corrected chi connectivity index (χ0v) is 13.4. The fraction of sp³-hybridized carbons (Fsp3) is 0.154. The number of hydrogen-bond acceptors (Lipinski definition) is 4. The fourth-order valence-corrected chi connectivity index (χ4v) is 4.02. The van der Waals surface area contributed by atoms with Crippen LogP contribution in [-0.2, 0) is 16.6 Å². The van der Waals surface area contributed by atoms with Crippen molar-refractivity contribution in [3.63, 3.8) is 0 Å². The SMILES string of the molecule is Cc1cnccc1CNS(=O)(=O)c1c(Cl)cc(N)cc1Cl. The van der Waals surface area contributed by atoms with E-state index < -0.39 is 10.0 Å². The molecule has 0 bridgehead atoms. The van der Waals surface area contributed by atoms with Crippen molar-refractivity contribution in [3.8, 4) is 0 Å². The number of halogens is 2. The molecule has 1 heterocycles. The van der Waals surface area contributed by atoms with Crippen LogP contribution in [0.5, 0.6) is 0 Å². The van der Waals surface area contributed by atoms with Gasteiger partial charge in [0.15, 0.2) is 0 Å². The van der Waals surface area contributed by atoms with E-state index in [1.165, 1.54) is 12.1 Å². The summed E-state index contributed by atoms with van der Waals surface area (Å²) in [5, 5.41) is -0.0297. The minimum absolute atomic E-state index is 0.0149. The lowest BCUT2D eigenvalue weighted by Crippen LogP contribution is -2.24. The van der Waals surface area contributed by atoms with Crippen molar-refractivity contribution >= 4 is 38.9 Å². The Labute approximate surface area is 133 Å². The topological polar surface area (TPSA) is 85.1 Å². The third kappa shape index (κ3) is 3.65. The molecule has 0 saturated carbocycles. The normalized spacial score (nSPS) is 11.6. The number of anilines is 1. The predicted octanol–water partition coefficient (Wildman–Crippen LogP) is 2.76. The smallest absolute Gasteiger partial charge is 0.243 e. The van der Waals surface area contributed by atoms with Crippen molar-refractivity contribution in [1.29, 1.82) is 0 Å². The third-order valence-corrected chi connectivity index (χ3v) is 5.20. The Morgan fingerprint density at radius 2 is 1.90 bits per heavy atom. The maximum atomic E-state index is 12.3. The Bertz CT molecular complexity index is 756. The summed E-state index contributed by atoms with van der Waals surface area (Å²) in [5.41, 5.74) is 7.57. The van der Waals surface area contributed by atoms with Crippen LogP contribution in [0.4, 0.5) is 5.69 Å². The van der Waals surface area contributed by atoms with Gasteiger partial charge < -0.3 is 5.73 Å². The van der Waals surface area contributed by atoms with Gasteiger partial charge in [-0.15, -0.1) is 0 Å². The van der Waals surface area contributed by atoms with Gasteiger partial charge in [0.25, 0.3) is 0 Å². The molecule has 2 aromatic rings. The van der Waals surface area contributed by atoms with Crippen molar-refractivity contribution in [2.45, 2.75) is 18.4 Å². The number of benzene rings is 1. The van der Waals surface area contributed by atoms with Crippen molar-refractivity contribution < 1.29 is 8.42 Å². The van der Waals surface area contributed by atoms with Crippen LogP contribution in [-0.4, -0.2) is 13.4 Å². The van der Waals surface area contributed by atoms with Gasteiger partial charge in [0.1, 0.15) is 4.90 Å². The van der Waals surface area contributed by atoms with Crippen molar-refractivity contribution in [1.82, 2.24) is 9.71 Å². The standard InChI is InChI=1S/C13H13Cl2N3O2S/c1-8-6-17-3-2-9(8)7-18-21(19,20)13-11(14)4-10(16)5-12(13)15/h2-6,18H,7,16H2,1H3. The van der Waals surface area contributed by atoms with Crippen LogP contribution in [0.3, 0.4) is 0 Å². The molecule has 3 N–H and O–H groups in total. The van der Waals surface area contributed by atoms with Crippen molar-refractivity contribution in [3.05, 3.63) is 51.8 Å². The Kier molecular flexibility index (Phi) is 4.73. The lowest BCUT2D eigenvalue weighted by atomic mass is 10.2. The van der Waals surface area contributed by atoms with Gasteiger partial charge in [-0.25, -0.2) is 13.1 Å². The summed E-state index contributed by atoms with van der Waals surface area (Å²) in [5.74, 6) is 0. The van der Waals surface area contributed by atoms with Crippen LogP contribution in [0, 0.1) is 6.92 Å². The van der Waals surface area contributed by atoms with Crippen LogP contribution in [0.1, 0.15) is 11.1 Å². The first-order valence-electron chi connectivity index (χ1n) is 5.95. The minimum Gasteiger partial charge on any atom is -0.399 e. The number of hydrogen-bond donors (Lipinski definition) is 2. The van der Waals surface area contributed by atoms with Gasteiger partial charge in [-0.2, -0.15) is 0 Å². The van der Waals surface area contributed by atoms with Crippen LogP contribution in [0.25, 0.3) is 0 Å². The number of nitrogen functional groups attached to an aromatic ring is 1. The van der Waals surface area contributed by atoms with E-state index in [1.54, 1.807) is 18.5 Å². The van der Waals surface area contributed by atoms with E-state index >= 15 is 0 Å². The summed E-state index contributed by atoms with van der Waals surface area (Å²) in [6, 6.07) is 4.43. The molecule has 2 rings (SSSR count). The van der Waals surface area contributed by atoms with Crippen LogP contribution in [0.2, 0.25) is 10.0 Å². The molecule has 0 saturated heterocycles. The highest BCUT2D eigenvalue weighted by Gasteiger charge is 2.22. The molecule has 0 unspecified atom stereocenters. The molecule has 0 radical (unpaired) electrons. The third-order valence-electron chi connectivity index (χ3n) is 2.88. The molecule has 0 atom stereocenters. The van der Waals surface area contributed by atoms with Gasteiger partial charge in [-0.1, -0.05) is 23.2 Å². The number of sulfonamides is 1. The Morgan fingerprint density at radius 3 is 2.48 bits per heavy atom. The number of aromatic nitrogens is 1. The Morgan fingerprint density at radius 1 is 1.29 bits per heavy atom. The molecule has 0 aliphatic rings. The second kappa shape index (κ2) is 6.19. The fourth-order valence-electron chi connectivity index (χ4n) is 1.78. The molecule has 0 amide bonds. The quantitative estimate of drug-likeness (QED) is 0.834. The number of nitrogens with one attached hydrogen (secondary N) is 1. The van der Waals surface area contributed by atoms with Gasteiger partial charge in [0, 0.05) is 24.6 Å². The molecule has 21 heavy (non-hydrogen) atoms.